The van der Waals surface area contributed by atoms with E-state index in [1.54, 1.807) is 18.5 Å². The molecule has 0 atom stereocenters. The maximum atomic E-state index is 12.8. The molecular weight excluding hydrogens is 245 g/mol. The van der Waals surface area contributed by atoms with Crippen molar-refractivity contribution in [2.24, 2.45) is 0 Å². The number of carbonyl (C=O) groups excluding carboxylic acids is 1. The van der Waals surface area contributed by atoms with Gasteiger partial charge in [-0.1, -0.05) is 6.07 Å². The van der Waals surface area contributed by atoms with Crippen LogP contribution < -0.4 is 5.32 Å². The molecular formula is C14H10FN3O. The molecule has 0 aliphatic heterocycles. The Morgan fingerprint density at radius 2 is 1.95 bits per heavy atom. The summed E-state index contributed by atoms with van der Waals surface area (Å²) >= 11 is 0. The highest BCUT2D eigenvalue weighted by molar-refractivity contribution is 6.11. The van der Waals surface area contributed by atoms with E-state index in [1.165, 1.54) is 24.3 Å². The van der Waals surface area contributed by atoms with E-state index < -0.39 is 0 Å². The van der Waals surface area contributed by atoms with Crippen molar-refractivity contribution in [1.82, 2.24) is 9.97 Å². The first-order chi connectivity index (χ1) is 9.24. The van der Waals surface area contributed by atoms with E-state index in [4.69, 9.17) is 0 Å². The second-order valence-electron chi connectivity index (χ2n) is 4.07. The summed E-state index contributed by atoms with van der Waals surface area (Å²) in [6.07, 6.45) is 1.54. The summed E-state index contributed by atoms with van der Waals surface area (Å²) in [4.78, 5) is 19.2. The van der Waals surface area contributed by atoms with Crippen molar-refractivity contribution in [3.63, 3.8) is 0 Å². The number of para-hydroxylation sites is 1. The van der Waals surface area contributed by atoms with E-state index in [0.717, 1.165) is 5.52 Å². The van der Waals surface area contributed by atoms with Crippen molar-refractivity contribution in [3.05, 3.63) is 60.2 Å². The quantitative estimate of drug-likeness (QED) is 0.739. The van der Waals surface area contributed by atoms with Gasteiger partial charge in [0.25, 0.3) is 5.91 Å². The zero-order valence-corrected chi connectivity index (χ0v) is 9.85. The zero-order valence-electron chi connectivity index (χ0n) is 9.85. The first-order valence-electron chi connectivity index (χ1n) is 5.73. The molecule has 1 amide bonds. The second kappa shape index (κ2) is 4.53. The standard InChI is InChI=1S/C14H10FN3O/c15-9-4-6-10(7-5-9)18-14(19)11-2-1-3-12-13(11)17-8-16-12/h1-8H,(H,16,17)(H,18,19). The number of fused-ring (bicyclic) bond motifs is 1. The minimum Gasteiger partial charge on any atom is -0.345 e. The summed E-state index contributed by atoms with van der Waals surface area (Å²) < 4.78 is 12.8. The Hall–Kier alpha value is -2.69. The summed E-state index contributed by atoms with van der Waals surface area (Å²) in [7, 11) is 0. The number of imidazole rings is 1. The first kappa shape index (κ1) is 11.4. The lowest BCUT2D eigenvalue weighted by molar-refractivity contribution is 0.102. The summed E-state index contributed by atoms with van der Waals surface area (Å²) in [6.45, 7) is 0. The normalized spacial score (nSPS) is 10.6. The smallest absolute Gasteiger partial charge is 0.257 e. The van der Waals surface area contributed by atoms with Crippen LogP contribution in [0.2, 0.25) is 0 Å². The van der Waals surface area contributed by atoms with E-state index in [0.29, 0.717) is 16.8 Å². The summed E-state index contributed by atoms with van der Waals surface area (Å²) in [5.74, 6) is -0.614. The van der Waals surface area contributed by atoms with Crippen molar-refractivity contribution in [2.75, 3.05) is 5.32 Å². The molecule has 0 aliphatic rings. The largest absolute Gasteiger partial charge is 0.345 e. The Kier molecular flexibility index (Phi) is 2.72. The number of hydrogen-bond acceptors (Lipinski definition) is 2. The maximum absolute atomic E-state index is 12.8. The molecule has 3 aromatic rings. The second-order valence-corrected chi connectivity index (χ2v) is 4.07. The van der Waals surface area contributed by atoms with Crippen LogP contribution in [-0.2, 0) is 0 Å². The van der Waals surface area contributed by atoms with Crippen LogP contribution in [0.4, 0.5) is 10.1 Å². The lowest BCUT2D eigenvalue weighted by Gasteiger charge is -2.05. The van der Waals surface area contributed by atoms with Crippen LogP contribution in [0.1, 0.15) is 10.4 Å². The number of rotatable bonds is 2. The van der Waals surface area contributed by atoms with Crippen molar-refractivity contribution in [2.45, 2.75) is 0 Å². The lowest BCUT2D eigenvalue weighted by Crippen LogP contribution is -2.12. The van der Waals surface area contributed by atoms with E-state index in [9.17, 15) is 9.18 Å². The molecule has 0 radical (unpaired) electrons. The number of H-pyrrole nitrogens is 1. The van der Waals surface area contributed by atoms with E-state index in [2.05, 4.69) is 15.3 Å². The van der Waals surface area contributed by atoms with Crippen LogP contribution in [0, 0.1) is 5.82 Å². The SMILES string of the molecule is O=C(Nc1ccc(F)cc1)c1cccc2[nH]cnc12. The fourth-order valence-corrected chi connectivity index (χ4v) is 1.88. The molecule has 1 heterocycles. The summed E-state index contributed by atoms with van der Waals surface area (Å²) in [5, 5.41) is 2.71. The molecule has 0 saturated carbocycles. The molecule has 2 aromatic carbocycles. The Morgan fingerprint density at radius 1 is 1.16 bits per heavy atom. The number of nitrogens with zero attached hydrogens (tertiary/aromatic N) is 1. The topological polar surface area (TPSA) is 57.8 Å². The van der Waals surface area contributed by atoms with Gasteiger partial charge in [-0.15, -0.1) is 0 Å². The molecule has 19 heavy (non-hydrogen) atoms. The third-order valence-corrected chi connectivity index (χ3v) is 2.80. The number of hydrogen-bond donors (Lipinski definition) is 2. The van der Waals surface area contributed by atoms with Gasteiger partial charge >= 0.3 is 0 Å². The summed E-state index contributed by atoms with van der Waals surface area (Å²) in [6, 6.07) is 10.9. The molecule has 0 fully saturated rings. The fraction of sp³-hybridized carbons (Fsp3) is 0. The average molecular weight is 255 g/mol. The number of carbonyl (C=O) groups is 1. The van der Waals surface area contributed by atoms with Gasteiger partial charge < -0.3 is 10.3 Å². The predicted molar refractivity (Wildman–Crippen MR) is 70.4 cm³/mol. The van der Waals surface area contributed by atoms with Gasteiger partial charge in [0.15, 0.2) is 0 Å². The summed E-state index contributed by atoms with van der Waals surface area (Å²) in [5.41, 5.74) is 2.43. The molecule has 0 aliphatic carbocycles. The van der Waals surface area contributed by atoms with Gasteiger partial charge in [-0.3, -0.25) is 4.79 Å². The van der Waals surface area contributed by atoms with E-state index in [-0.39, 0.29) is 11.7 Å². The monoisotopic (exact) mass is 255 g/mol. The van der Waals surface area contributed by atoms with Crippen molar-refractivity contribution < 1.29 is 9.18 Å². The third kappa shape index (κ3) is 2.18. The lowest BCUT2D eigenvalue weighted by atomic mass is 10.1. The molecule has 4 nitrogen and oxygen atoms in total. The van der Waals surface area contributed by atoms with Crippen molar-refractivity contribution in [1.29, 1.82) is 0 Å². The highest BCUT2D eigenvalue weighted by Crippen LogP contribution is 2.16. The average Bonchev–Trinajstić information content (AvgIpc) is 2.89. The highest BCUT2D eigenvalue weighted by Gasteiger charge is 2.11. The van der Waals surface area contributed by atoms with Gasteiger partial charge in [-0.25, -0.2) is 9.37 Å². The molecule has 0 bridgehead atoms. The molecule has 0 unspecified atom stereocenters. The minimum atomic E-state index is -0.340. The molecule has 2 N–H and O–H groups in total. The number of anilines is 1. The van der Waals surface area contributed by atoms with Crippen LogP contribution >= 0.6 is 0 Å². The van der Waals surface area contributed by atoms with Gasteiger partial charge in [0, 0.05) is 5.69 Å². The highest BCUT2D eigenvalue weighted by atomic mass is 19.1. The third-order valence-electron chi connectivity index (χ3n) is 2.80. The van der Waals surface area contributed by atoms with Crippen LogP contribution in [0.25, 0.3) is 11.0 Å². The minimum absolute atomic E-state index is 0.274. The van der Waals surface area contributed by atoms with Crippen LogP contribution in [-0.4, -0.2) is 15.9 Å². The van der Waals surface area contributed by atoms with E-state index >= 15 is 0 Å². The number of nitrogens with one attached hydrogen (secondary N) is 2. The predicted octanol–water partition coefficient (Wildman–Crippen LogP) is 2.95. The molecule has 0 saturated heterocycles. The van der Waals surface area contributed by atoms with Crippen LogP contribution in [0.3, 0.4) is 0 Å². The number of aromatic amines is 1. The van der Waals surface area contributed by atoms with Gasteiger partial charge in [0.2, 0.25) is 0 Å². The Labute approximate surface area is 108 Å². The molecule has 3 rings (SSSR count). The Balaban J connectivity index is 1.92. The Bertz CT molecular complexity index is 734. The molecule has 0 spiro atoms. The number of halogens is 1. The number of amides is 1. The van der Waals surface area contributed by atoms with Gasteiger partial charge in [0.1, 0.15) is 11.3 Å². The zero-order chi connectivity index (χ0) is 13.2. The maximum Gasteiger partial charge on any atom is 0.257 e. The van der Waals surface area contributed by atoms with Crippen LogP contribution in [0.15, 0.2) is 48.8 Å². The van der Waals surface area contributed by atoms with Crippen LogP contribution in [0.5, 0.6) is 0 Å². The van der Waals surface area contributed by atoms with Gasteiger partial charge in [0.05, 0.1) is 17.4 Å². The Morgan fingerprint density at radius 3 is 2.74 bits per heavy atom. The van der Waals surface area contributed by atoms with Crippen molar-refractivity contribution in [3.8, 4) is 0 Å². The fourth-order valence-electron chi connectivity index (χ4n) is 1.88. The number of benzene rings is 2. The van der Waals surface area contributed by atoms with Gasteiger partial charge in [-0.05, 0) is 36.4 Å². The first-order valence-corrected chi connectivity index (χ1v) is 5.73. The van der Waals surface area contributed by atoms with Gasteiger partial charge in [-0.2, -0.15) is 0 Å². The van der Waals surface area contributed by atoms with Crippen molar-refractivity contribution >= 4 is 22.6 Å². The molecule has 5 heteroatoms. The molecule has 1 aromatic heterocycles. The van der Waals surface area contributed by atoms with E-state index in [1.807, 2.05) is 6.07 Å². The molecule has 94 valence electrons. The number of aromatic nitrogens is 2.